The van der Waals surface area contributed by atoms with Crippen molar-refractivity contribution in [3.63, 3.8) is 0 Å². The number of carbonyl (C=O) groups excluding carboxylic acids is 1. The van der Waals surface area contributed by atoms with E-state index in [-0.39, 0.29) is 12.3 Å². The number of pyridine rings is 1. The van der Waals surface area contributed by atoms with Gasteiger partial charge in [-0.25, -0.2) is 4.68 Å². The van der Waals surface area contributed by atoms with E-state index >= 15 is 0 Å². The maximum Gasteiger partial charge on any atom is 0.230 e. The molecule has 0 aliphatic heterocycles. The van der Waals surface area contributed by atoms with Crippen LogP contribution < -0.4 is 0 Å². The fourth-order valence-corrected chi connectivity index (χ4v) is 1.64. The van der Waals surface area contributed by atoms with Gasteiger partial charge in [-0.1, -0.05) is 0 Å². The molecule has 7 nitrogen and oxygen atoms in total. The molecule has 0 radical (unpaired) electrons. The molecule has 0 fully saturated rings. The molecule has 2 heterocycles. The first-order valence-electron chi connectivity index (χ1n) is 6.01. The number of aromatic nitrogens is 5. The summed E-state index contributed by atoms with van der Waals surface area (Å²) in [6, 6.07) is 3.90. The number of tetrazole rings is 1. The number of hydrogen-bond donors (Lipinski definition) is 0. The predicted octanol–water partition coefficient (Wildman–Crippen LogP) is -0.151. The normalized spacial score (nSPS) is 10.4. The fourth-order valence-electron chi connectivity index (χ4n) is 1.64. The van der Waals surface area contributed by atoms with E-state index in [0.29, 0.717) is 12.4 Å². The van der Waals surface area contributed by atoms with Gasteiger partial charge >= 0.3 is 0 Å². The molecule has 0 spiro atoms. The van der Waals surface area contributed by atoms with Crippen LogP contribution in [0.15, 0.2) is 24.5 Å². The molecule has 2 aromatic rings. The Morgan fingerprint density at radius 1 is 1.37 bits per heavy atom. The molecule has 0 aliphatic rings. The predicted molar refractivity (Wildman–Crippen MR) is 68.1 cm³/mol. The fraction of sp³-hybridized carbons (Fsp3) is 0.417. The average molecular weight is 260 g/mol. The van der Waals surface area contributed by atoms with Crippen LogP contribution in [0.25, 0.3) is 0 Å². The van der Waals surface area contributed by atoms with Crippen LogP contribution in [0.1, 0.15) is 11.4 Å². The first-order valence-corrected chi connectivity index (χ1v) is 6.01. The largest absolute Gasteiger partial charge is 0.345 e. The van der Waals surface area contributed by atoms with Crippen LogP contribution >= 0.6 is 0 Å². The van der Waals surface area contributed by atoms with Crippen molar-refractivity contribution in [2.75, 3.05) is 13.6 Å². The Balaban J connectivity index is 1.84. The van der Waals surface area contributed by atoms with Crippen LogP contribution in [0.2, 0.25) is 0 Å². The SMILES string of the molecule is CN(CCc1ccncc1)C(=O)Cc1nnnn1C. The number of nitrogens with zero attached hydrogens (tertiary/aromatic N) is 6. The summed E-state index contributed by atoms with van der Waals surface area (Å²) in [5, 5.41) is 11.0. The highest BCUT2D eigenvalue weighted by atomic mass is 16.2. The van der Waals surface area contributed by atoms with Gasteiger partial charge in [-0.2, -0.15) is 0 Å². The van der Waals surface area contributed by atoms with Crippen LogP contribution in [0.4, 0.5) is 0 Å². The summed E-state index contributed by atoms with van der Waals surface area (Å²) in [7, 11) is 3.51. The third-order valence-corrected chi connectivity index (χ3v) is 2.93. The Kier molecular flexibility index (Phi) is 4.17. The Labute approximate surface area is 111 Å². The lowest BCUT2D eigenvalue weighted by atomic mass is 10.2. The summed E-state index contributed by atoms with van der Waals surface area (Å²) >= 11 is 0. The molecule has 0 N–H and O–H groups in total. The highest BCUT2D eigenvalue weighted by Crippen LogP contribution is 2.01. The molecule has 2 aromatic heterocycles. The van der Waals surface area contributed by atoms with Crippen molar-refractivity contribution in [3.05, 3.63) is 35.9 Å². The Hall–Kier alpha value is -2.31. The van der Waals surface area contributed by atoms with Crippen molar-refractivity contribution < 1.29 is 4.79 Å². The molecular weight excluding hydrogens is 244 g/mol. The van der Waals surface area contributed by atoms with Crippen LogP contribution in [-0.4, -0.2) is 49.6 Å². The molecule has 0 saturated carbocycles. The Bertz CT molecular complexity index is 538. The summed E-state index contributed by atoms with van der Waals surface area (Å²) in [4.78, 5) is 17.6. The molecule has 19 heavy (non-hydrogen) atoms. The molecule has 0 saturated heterocycles. The molecule has 100 valence electrons. The minimum absolute atomic E-state index is 0.00644. The van der Waals surface area contributed by atoms with Gasteiger partial charge in [-0.15, -0.1) is 5.10 Å². The molecule has 1 amide bonds. The molecular formula is C12H16N6O. The van der Waals surface area contributed by atoms with Gasteiger partial charge < -0.3 is 4.90 Å². The van der Waals surface area contributed by atoms with Crippen LogP contribution in [-0.2, 0) is 24.7 Å². The zero-order chi connectivity index (χ0) is 13.7. The lowest BCUT2D eigenvalue weighted by Gasteiger charge is -2.16. The summed E-state index contributed by atoms with van der Waals surface area (Å²) in [6.07, 6.45) is 4.53. The van der Waals surface area contributed by atoms with E-state index in [1.54, 1.807) is 31.4 Å². The van der Waals surface area contributed by atoms with E-state index < -0.39 is 0 Å². The number of aryl methyl sites for hydroxylation is 1. The van der Waals surface area contributed by atoms with Crippen molar-refractivity contribution >= 4 is 5.91 Å². The summed E-state index contributed by atoms with van der Waals surface area (Å²) in [5.74, 6) is 0.577. The molecule has 0 atom stereocenters. The number of carbonyl (C=O) groups is 1. The summed E-state index contributed by atoms with van der Waals surface area (Å²) in [5.41, 5.74) is 1.16. The van der Waals surface area contributed by atoms with Crippen molar-refractivity contribution in [2.24, 2.45) is 7.05 Å². The zero-order valence-electron chi connectivity index (χ0n) is 11.0. The average Bonchev–Trinajstić information content (AvgIpc) is 2.82. The minimum atomic E-state index is 0.00644. The highest BCUT2D eigenvalue weighted by Gasteiger charge is 2.13. The summed E-state index contributed by atoms with van der Waals surface area (Å²) in [6.45, 7) is 0.661. The van der Waals surface area contributed by atoms with E-state index in [2.05, 4.69) is 20.5 Å². The Morgan fingerprint density at radius 3 is 2.74 bits per heavy atom. The van der Waals surface area contributed by atoms with Crippen LogP contribution in [0.3, 0.4) is 0 Å². The van der Waals surface area contributed by atoms with Gasteiger partial charge in [0.15, 0.2) is 5.82 Å². The van der Waals surface area contributed by atoms with Gasteiger partial charge in [-0.3, -0.25) is 9.78 Å². The second-order valence-corrected chi connectivity index (χ2v) is 4.32. The second-order valence-electron chi connectivity index (χ2n) is 4.32. The standard InChI is InChI=1S/C12H16N6O/c1-17(8-5-10-3-6-13-7-4-10)12(19)9-11-14-15-16-18(11)2/h3-4,6-7H,5,8-9H2,1-2H3. The quantitative estimate of drug-likeness (QED) is 0.747. The Morgan fingerprint density at radius 2 is 2.11 bits per heavy atom. The van der Waals surface area contributed by atoms with Crippen molar-refractivity contribution in [1.82, 2.24) is 30.1 Å². The number of likely N-dealkylation sites (N-methyl/N-ethyl adjacent to an activating group) is 1. The van der Waals surface area contributed by atoms with Crippen LogP contribution in [0, 0.1) is 0 Å². The molecule has 0 unspecified atom stereocenters. The smallest absolute Gasteiger partial charge is 0.230 e. The number of amides is 1. The van der Waals surface area contributed by atoms with Gasteiger partial charge in [0, 0.05) is 33.0 Å². The lowest BCUT2D eigenvalue weighted by Crippen LogP contribution is -2.31. The van der Waals surface area contributed by atoms with Gasteiger partial charge in [0.25, 0.3) is 0 Å². The highest BCUT2D eigenvalue weighted by molar-refractivity contribution is 5.77. The second kappa shape index (κ2) is 6.03. The zero-order valence-corrected chi connectivity index (χ0v) is 11.0. The van der Waals surface area contributed by atoms with Gasteiger partial charge in [0.05, 0.1) is 6.42 Å². The van der Waals surface area contributed by atoms with Gasteiger partial charge in [0.2, 0.25) is 5.91 Å². The van der Waals surface area contributed by atoms with E-state index in [1.165, 1.54) is 4.68 Å². The van der Waals surface area contributed by atoms with E-state index in [0.717, 1.165) is 12.0 Å². The third-order valence-electron chi connectivity index (χ3n) is 2.93. The topological polar surface area (TPSA) is 76.8 Å². The molecule has 7 heteroatoms. The number of hydrogen-bond acceptors (Lipinski definition) is 5. The molecule has 2 rings (SSSR count). The third kappa shape index (κ3) is 3.57. The number of rotatable bonds is 5. The van der Waals surface area contributed by atoms with Gasteiger partial charge in [0.1, 0.15) is 0 Å². The minimum Gasteiger partial charge on any atom is -0.345 e. The maximum atomic E-state index is 12.0. The van der Waals surface area contributed by atoms with Gasteiger partial charge in [-0.05, 0) is 34.5 Å². The molecule has 0 aliphatic carbocycles. The summed E-state index contributed by atoms with van der Waals surface area (Å²) < 4.78 is 1.51. The van der Waals surface area contributed by atoms with E-state index in [9.17, 15) is 4.79 Å². The molecule has 0 aromatic carbocycles. The first-order chi connectivity index (χ1) is 9.16. The first kappa shape index (κ1) is 13.1. The monoisotopic (exact) mass is 260 g/mol. The van der Waals surface area contributed by atoms with E-state index in [4.69, 9.17) is 0 Å². The molecule has 0 bridgehead atoms. The maximum absolute atomic E-state index is 12.0. The van der Waals surface area contributed by atoms with Crippen molar-refractivity contribution in [2.45, 2.75) is 12.8 Å². The lowest BCUT2D eigenvalue weighted by molar-refractivity contribution is -0.129. The van der Waals surface area contributed by atoms with E-state index in [1.807, 2.05) is 12.1 Å². The van der Waals surface area contributed by atoms with Crippen molar-refractivity contribution in [1.29, 1.82) is 0 Å². The van der Waals surface area contributed by atoms with Crippen molar-refractivity contribution in [3.8, 4) is 0 Å². The van der Waals surface area contributed by atoms with Crippen LogP contribution in [0.5, 0.6) is 0 Å².